The summed E-state index contributed by atoms with van der Waals surface area (Å²) in [6.07, 6.45) is 2.43. The maximum absolute atomic E-state index is 13.3. The lowest BCUT2D eigenvalue weighted by Gasteiger charge is -2.14. The lowest BCUT2D eigenvalue weighted by atomic mass is 9.98. The van der Waals surface area contributed by atoms with Crippen LogP contribution in [0.25, 0.3) is 22.5 Å². The molecular weight excluding hydrogens is 628 g/mol. The first-order valence-electron chi connectivity index (χ1n) is 14.8. The molecule has 5 aromatic rings. The quantitative estimate of drug-likeness (QED) is 0.0898. The highest BCUT2D eigenvalue weighted by atomic mass is 35.5. The number of nitrogens with zero attached hydrogens (tertiary/aromatic N) is 6. The molecule has 0 spiro atoms. The van der Waals surface area contributed by atoms with E-state index in [1.54, 1.807) is 28.8 Å². The molecule has 0 aliphatic heterocycles. The van der Waals surface area contributed by atoms with Crippen LogP contribution in [0.4, 0.5) is 0 Å². The smallest absolute Gasteiger partial charge is 0.325 e. The molecule has 2 aromatic heterocycles. The van der Waals surface area contributed by atoms with Crippen LogP contribution in [0, 0.1) is 0 Å². The Bertz CT molecular complexity index is 1780. The van der Waals surface area contributed by atoms with Crippen molar-refractivity contribution in [2.45, 2.75) is 45.9 Å². The Hall–Kier alpha value is -4.99. The van der Waals surface area contributed by atoms with Crippen molar-refractivity contribution in [2.24, 2.45) is 0 Å². The highest BCUT2D eigenvalue weighted by Crippen LogP contribution is 2.30. The van der Waals surface area contributed by atoms with E-state index in [0.29, 0.717) is 35.7 Å². The first kappa shape index (κ1) is 33.4. The highest BCUT2D eigenvalue weighted by molar-refractivity contribution is 6.32. The number of tetrazole rings is 1. The van der Waals surface area contributed by atoms with Crippen molar-refractivity contribution in [3.8, 4) is 22.5 Å². The Labute approximate surface area is 274 Å². The number of nitrogens with one attached hydrogen (secondary N) is 2. The van der Waals surface area contributed by atoms with Crippen LogP contribution in [0.1, 0.15) is 52.8 Å². The number of unbranched alkanes of at least 4 members (excludes halogenated alkanes) is 1. The molecular formula is C32H33ClN8O6. The third-order valence-electron chi connectivity index (χ3n) is 7.27. The largest absolute Gasteiger partial charge is 0.460 e. The number of ether oxygens (including phenoxy) is 1. The number of esters is 1. The lowest BCUT2D eigenvalue weighted by Crippen LogP contribution is -2.32. The number of carbonyl (C=O) groups excluding carboxylic acids is 2. The van der Waals surface area contributed by atoms with Gasteiger partial charge in [-0.05, 0) is 44.7 Å². The zero-order valence-electron chi connectivity index (χ0n) is 25.5. The fraction of sp³-hybridized carbons (Fsp3) is 0.250. The van der Waals surface area contributed by atoms with Crippen molar-refractivity contribution >= 4 is 23.5 Å². The summed E-state index contributed by atoms with van der Waals surface area (Å²) in [5, 5.41) is 33.8. The third-order valence-corrected chi connectivity index (χ3v) is 7.53. The monoisotopic (exact) mass is 660 g/mol. The minimum atomic E-state index is -0.632. The van der Waals surface area contributed by atoms with Gasteiger partial charge in [-0.15, -0.1) is 5.10 Å². The number of rotatable bonds is 15. The molecule has 3 aromatic carbocycles. The van der Waals surface area contributed by atoms with Crippen LogP contribution in [-0.2, 0) is 40.5 Å². The van der Waals surface area contributed by atoms with Crippen LogP contribution in [0.3, 0.4) is 0 Å². The van der Waals surface area contributed by atoms with Crippen LogP contribution in [-0.4, -0.2) is 64.4 Å². The standard InChI is InChI=1S/C32H33ClN8O6/c1-2-3-8-27-35-30(33)29(32(43)34-17-28(42)46-19-22-9-11-23(12-10-22)20-47-41(44)45)40(27)18-21-13-15-24(16-14-21)25-6-4-5-7-26(25)31-36-38-39-37-31/h4-7,9-16,44-45H,2-3,8,17-20H2,1H3,(H,34,43)(H,36,37,38,39). The first-order chi connectivity index (χ1) is 22.8. The highest BCUT2D eigenvalue weighted by Gasteiger charge is 2.23. The zero-order chi connectivity index (χ0) is 33.2. The van der Waals surface area contributed by atoms with Gasteiger partial charge in [-0.1, -0.05) is 97.7 Å². The van der Waals surface area contributed by atoms with Crippen LogP contribution < -0.4 is 5.32 Å². The number of amides is 1. The Morgan fingerprint density at radius 1 is 0.957 bits per heavy atom. The molecule has 0 bridgehead atoms. The number of halogens is 1. The van der Waals surface area contributed by atoms with E-state index >= 15 is 0 Å². The van der Waals surface area contributed by atoms with Crippen molar-refractivity contribution in [3.05, 3.63) is 106 Å². The van der Waals surface area contributed by atoms with Gasteiger partial charge in [0, 0.05) is 18.5 Å². The SMILES string of the molecule is CCCCc1nc(Cl)c(C(=O)NCC(=O)OCc2ccc(CON(O)O)cc2)n1Cc1ccc(-c2ccccc2-c2nnn[nH]2)cc1. The van der Waals surface area contributed by atoms with Gasteiger partial charge in [0.1, 0.15) is 24.7 Å². The second-order valence-corrected chi connectivity index (χ2v) is 10.9. The minimum absolute atomic E-state index is 0.0163. The molecule has 2 heterocycles. The fourth-order valence-corrected chi connectivity index (χ4v) is 5.17. The van der Waals surface area contributed by atoms with Crippen LogP contribution in [0.5, 0.6) is 0 Å². The number of aromatic amines is 1. The normalized spacial score (nSPS) is 11.2. The molecule has 0 fully saturated rings. The van der Waals surface area contributed by atoms with Gasteiger partial charge in [0.15, 0.2) is 11.0 Å². The van der Waals surface area contributed by atoms with Crippen LogP contribution in [0.2, 0.25) is 5.15 Å². The second-order valence-electron chi connectivity index (χ2n) is 10.5. The van der Waals surface area contributed by atoms with Crippen molar-refractivity contribution in [3.63, 3.8) is 0 Å². The summed E-state index contributed by atoms with van der Waals surface area (Å²) < 4.78 is 7.10. The summed E-state index contributed by atoms with van der Waals surface area (Å²) in [7, 11) is 0. The summed E-state index contributed by atoms with van der Waals surface area (Å²) in [6, 6.07) is 22.6. The van der Waals surface area contributed by atoms with Gasteiger partial charge < -0.3 is 14.6 Å². The number of hydrogen-bond acceptors (Lipinski definition) is 11. The van der Waals surface area contributed by atoms with E-state index in [1.807, 2.05) is 48.5 Å². The van der Waals surface area contributed by atoms with Crippen molar-refractivity contribution in [1.29, 1.82) is 0 Å². The van der Waals surface area contributed by atoms with Gasteiger partial charge in [-0.25, -0.2) is 14.9 Å². The summed E-state index contributed by atoms with van der Waals surface area (Å²) in [4.78, 5) is 34.9. The summed E-state index contributed by atoms with van der Waals surface area (Å²) in [5.41, 5.74) is 5.27. The Kier molecular flexibility index (Phi) is 11.4. The molecule has 14 nitrogen and oxygen atoms in total. The predicted octanol–water partition coefficient (Wildman–Crippen LogP) is 4.76. The second kappa shape index (κ2) is 16.0. The van der Waals surface area contributed by atoms with Crippen molar-refractivity contribution < 1.29 is 29.6 Å². The van der Waals surface area contributed by atoms with E-state index < -0.39 is 11.9 Å². The predicted molar refractivity (Wildman–Crippen MR) is 169 cm³/mol. The van der Waals surface area contributed by atoms with Crippen molar-refractivity contribution in [2.75, 3.05) is 6.54 Å². The molecule has 244 valence electrons. The molecule has 0 saturated heterocycles. The Morgan fingerprint density at radius 3 is 2.30 bits per heavy atom. The molecule has 0 radical (unpaired) electrons. The van der Waals surface area contributed by atoms with Crippen molar-refractivity contribution in [1.82, 2.24) is 40.9 Å². The van der Waals surface area contributed by atoms with Gasteiger partial charge in [-0.2, -0.15) is 0 Å². The molecule has 15 heteroatoms. The number of H-pyrrole nitrogens is 1. The first-order valence-corrected chi connectivity index (χ1v) is 15.2. The number of aryl methyl sites for hydroxylation is 1. The topological polar surface area (TPSA) is 181 Å². The summed E-state index contributed by atoms with van der Waals surface area (Å²) >= 11 is 6.50. The number of carbonyl (C=O) groups is 2. The maximum atomic E-state index is 13.3. The molecule has 0 aliphatic rings. The zero-order valence-corrected chi connectivity index (χ0v) is 26.2. The van der Waals surface area contributed by atoms with Crippen LogP contribution >= 0.6 is 11.6 Å². The number of hydrogen-bond donors (Lipinski definition) is 4. The van der Waals surface area contributed by atoms with E-state index in [4.69, 9.17) is 26.8 Å². The number of imidazole rings is 1. The average Bonchev–Trinajstić information content (AvgIpc) is 3.73. The maximum Gasteiger partial charge on any atom is 0.325 e. The fourth-order valence-electron chi connectivity index (χ4n) is 4.88. The number of aromatic nitrogens is 6. The van der Waals surface area contributed by atoms with E-state index in [1.165, 1.54) is 0 Å². The molecule has 4 N–H and O–H groups in total. The molecule has 1 amide bonds. The molecule has 0 atom stereocenters. The third kappa shape index (κ3) is 8.84. The lowest BCUT2D eigenvalue weighted by molar-refractivity contribution is -0.497. The van der Waals surface area contributed by atoms with Gasteiger partial charge in [-0.3, -0.25) is 20.0 Å². The van der Waals surface area contributed by atoms with E-state index in [9.17, 15) is 9.59 Å². The van der Waals surface area contributed by atoms with E-state index in [-0.39, 0.29) is 36.0 Å². The van der Waals surface area contributed by atoms with Gasteiger partial charge in [0.05, 0.1) is 12.0 Å². The molecule has 0 saturated carbocycles. The molecule has 5 rings (SSSR count). The van der Waals surface area contributed by atoms with E-state index in [0.717, 1.165) is 35.1 Å². The van der Waals surface area contributed by atoms with Gasteiger partial charge in [0.25, 0.3) is 5.91 Å². The molecule has 0 aliphatic carbocycles. The molecule has 0 unspecified atom stereocenters. The average molecular weight is 661 g/mol. The van der Waals surface area contributed by atoms with E-state index in [2.05, 4.69) is 42.7 Å². The Balaban J connectivity index is 1.25. The van der Waals surface area contributed by atoms with Gasteiger partial charge >= 0.3 is 5.97 Å². The summed E-state index contributed by atoms with van der Waals surface area (Å²) in [6.45, 7) is 1.98. The van der Waals surface area contributed by atoms with Gasteiger partial charge in [0.2, 0.25) is 0 Å². The van der Waals surface area contributed by atoms with Crippen LogP contribution in [0.15, 0.2) is 72.8 Å². The number of benzene rings is 3. The Morgan fingerprint density at radius 2 is 1.64 bits per heavy atom. The minimum Gasteiger partial charge on any atom is -0.460 e. The molecule has 47 heavy (non-hydrogen) atoms. The summed E-state index contributed by atoms with van der Waals surface area (Å²) in [5.74, 6) is 0.0708.